The molecule has 13 nitrogen and oxygen atoms in total. The van der Waals surface area contributed by atoms with Crippen molar-refractivity contribution >= 4 is 47.2 Å². The number of hydrogen-bond donors (Lipinski definition) is 3. The molecule has 4 heterocycles. The first-order valence-corrected chi connectivity index (χ1v) is 15.5. The number of rotatable bonds is 7. The van der Waals surface area contributed by atoms with Gasteiger partial charge in [-0.25, -0.2) is 19.4 Å². The van der Waals surface area contributed by atoms with Gasteiger partial charge in [-0.2, -0.15) is 0 Å². The molecule has 3 N–H and O–H groups in total. The first-order chi connectivity index (χ1) is 21.5. The van der Waals surface area contributed by atoms with Crippen LogP contribution in [0.5, 0.6) is 0 Å². The number of esters is 1. The number of alkyl carbamates (subject to hydrolysis) is 1. The molecule has 0 aliphatic carbocycles. The van der Waals surface area contributed by atoms with E-state index in [0.717, 1.165) is 43.0 Å². The van der Waals surface area contributed by atoms with Crippen molar-refractivity contribution in [3.8, 4) is 0 Å². The van der Waals surface area contributed by atoms with E-state index in [1.54, 1.807) is 73.9 Å². The Balaban J connectivity index is 0.000000269. The summed E-state index contributed by atoms with van der Waals surface area (Å²) in [6.07, 6.45) is 4.82. The lowest BCUT2D eigenvalue weighted by molar-refractivity contribution is -0.110. The van der Waals surface area contributed by atoms with Gasteiger partial charge in [-0.1, -0.05) is 0 Å². The molecule has 0 bridgehead atoms. The van der Waals surface area contributed by atoms with E-state index in [9.17, 15) is 19.2 Å². The Hall–Kier alpha value is -4.55. The third-order valence-electron chi connectivity index (χ3n) is 6.69. The number of ether oxygens (including phenoxy) is 3. The Labute approximate surface area is 271 Å². The predicted molar refractivity (Wildman–Crippen MR) is 177 cm³/mol. The van der Waals surface area contributed by atoms with Crippen molar-refractivity contribution in [2.75, 3.05) is 50.1 Å². The Bertz CT molecular complexity index is 1450. The Morgan fingerprint density at radius 3 is 2.33 bits per heavy atom. The number of H-pyrrole nitrogens is 1. The van der Waals surface area contributed by atoms with Crippen LogP contribution in [0.1, 0.15) is 88.6 Å². The van der Waals surface area contributed by atoms with E-state index < -0.39 is 29.4 Å². The molecule has 2 aliphatic heterocycles. The van der Waals surface area contributed by atoms with Crippen molar-refractivity contribution in [2.24, 2.45) is 0 Å². The second kappa shape index (κ2) is 15.2. The van der Waals surface area contributed by atoms with Crippen LogP contribution < -0.4 is 15.5 Å². The quantitative estimate of drug-likeness (QED) is 0.206. The minimum Gasteiger partial charge on any atom is -0.462 e. The van der Waals surface area contributed by atoms with Crippen molar-refractivity contribution in [1.82, 2.24) is 20.2 Å². The van der Waals surface area contributed by atoms with Gasteiger partial charge in [0.05, 0.1) is 35.3 Å². The molecule has 0 aromatic carbocycles. The molecular formula is C33H48N6O7. The van der Waals surface area contributed by atoms with Crippen LogP contribution in [0.25, 0.3) is 11.6 Å². The summed E-state index contributed by atoms with van der Waals surface area (Å²) in [6.45, 7) is 17.3. The van der Waals surface area contributed by atoms with Crippen LogP contribution in [0.15, 0.2) is 18.3 Å². The molecule has 252 valence electrons. The minimum atomic E-state index is -0.527. The molecule has 1 fully saturated rings. The summed E-state index contributed by atoms with van der Waals surface area (Å²) in [7, 11) is 1.62. The summed E-state index contributed by atoms with van der Waals surface area (Å²) in [5, 5.41) is 5.43. The third-order valence-corrected chi connectivity index (χ3v) is 6.69. The first-order valence-electron chi connectivity index (χ1n) is 15.5. The van der Waals surface area contributed by atoms with Gasteiger partial charge >= 0.3 is 18.2 Å². The Morgan fingerprint density at radius 2 is 1.72 bits per heavy atom. The predicted octanol–water partition coefficient (Wildman–Crippen LogP) is 5.37. The molecule has 1 saturated heterocycles. The van der Waals surface area contributed by atoms with Gasteiger partial charge in [-0.15, -0.1) is 0 Å². The van der Waals surface area contributed by atoms with Gasteiger partial charge in [0.1, 0.15) is 17.0 Å². The van der Waals surface area contributed by atoms with Gasteiger partial charge in [-0.05, 0) is 86.4 Å². The average molecular weight is 641 g/mol. The van der Waals surface area contributed by atoms with Gasteiger partial charge < -0.3 is 39.6 Å². The van der Waals surface area contributed by atoms with Crippen molar-refractivity contribution in [2.45, 2.75) is 79.4 Å². The van der Waals surface area contributed by atoms with Crippen molar-refractivity contribution in [1.29, 1.82) is 0 Å². The number of nitrogens with one attached hydrogen (secondary N) is 3. The van der Waals surface area contributed by atoms with E-state index in [1.807, 2.05) is 13.0 Å². The molecule has 2 aromatic heterocycles. The fraction of sp³-hybridized carbons (Fsp3) is 0.545. The van der Waals surface area contributed by atoms with Gasteiger partial charge in [0, 0.05) is 44.5 Å². The number of hydrogen-bond acceptors (Lipinski definition) is 9. The van der Waals surface area contributed by atoms with Crippen LogP contribution >= 0.6 is 0 Å². The van der Waals surface area contributed by atoms with Crippen LogP contribution in [0.3, 0.4) is 0 Å². The second-order valence-corrected chi connectivity index (χ2v) is 13.1. The number of aryl methyl sites for hydroxylation is 1. The molecule has 2 aliphatic rings. The maximum atomic E-state index is 12.5. The smallest absolute Gasteiger partial charge is 0.410 e. The number of likely N-dealkylation sites (N-methyl/N-ethyl adjacent to an activating group) is 1. The fourth-order valence-electron chi connectivity index (χ4n) is 4.66. The number of aromatic nitrogens is 2. The van der Waals surface area contributed by atoms with E-state index in [-0.39, 0.29) is 5.91 Å². The zero-order valence-electron chi connectivity index (χ0n) is 28.5. The molecule has 0 saturated carbocycles. The van der Waals surface area contributed by atoms with Crippen LogP contribution in [0.4, 0.5) is 21.1 Å². The Kier molecular flexibility index (Phi) is 11.8. The summed E-state index contributed by atoms with van der Waals surface area (Å²) in [6, 6.07) is 3.69. The molecule has 4 rings (SSSR count). The molecule has 46 heavy (non-hydrogen) atoms. The largest absolute Gasteiger partial charge is 0.462 e. The maximum Gasteiger partial charge on any atom is 0.410 e. The van der Waals surface area contributed by atoms with Gasteiger partial charge in [0.25, 0.3) is 5.91 Å². The van der Waals surface area contributed by atoms with Gasteiger partial charge in [0.2, 0.25) is 0 Å². The highest BCUT2D eigenvalue weighted by Gasteiger charge is 2.28. The van der Waals surface area contributed by atoms with E-state index in [1.165, 1.54) is 4.90 Å². The monoisotopic (exact) mass is 640 g/mol. The van der Waals surface area contributed by atoms with E-state index >= 15 is 0 Å². The molecule has 2 aromatic rings. The number of fused-ring (bicyclic) bond motifs is 1. The molecule has 0 spiro atoms. The maximum absolute atomic E-state index is 12.5. The van der Waals surface area contributed by atoms with Crippen LogP contribution in [0, 0.1) is 6.92 Å². The molecule has 3 amide bonds. The summed E-state index contributed by atoms with van der Waals surface area (Å²) < 4.78 is 15.4. The fourth-order valence-corrected chi connectivity index (χ4v) is 4.66. The lowest BCUT2D eigenvalue weighted by Gasteiger charge is -2.25. The minimum absolute atomic E-state index is 0.201. The highest BCUT2D eigenvalue weighted by molar-refractivity contribution is 6.35. The van der Waals surface area contributed by atoms with Crippen molar-refractivity contribution in [3.63, 3.8) is 0 Å². The Morgan fingerprint density at radius 1 is 1.07 bits per heavy atom. The summed E-state index contributed by atoms with van der Waals surface area (Å²) in [5.74, 6) is 0.272. The number of carbonyl (C=O) groups is 4. The number of anilines is 2. The lowest BCUT2D eigenvalue weighted by atomic mass is 10.1. The molecule has 0 atom stereocenters. The second-order valence-electron chi connectivity index (χ2n) is 13.1. The standard InChI is InChI=1S/C20H22N4O3.C13H26N2O4/c1-3-27-20(26)15-8-12(2)22-16(15)9-14-13-10-18(24-6-4-5-7-24)21-11-17(13)23-19(14)25;1-12(2,3)18-10(16)14-8-9-15(7)11(17)19-13(4,5)6/h8-11,22H,3-7H2,1-2H3,(H,23,25);8-9H2,1-7H3,(H,14,16)/b14-9-;. The number of nitrogens with zero attached hydrogens (tertiary/aromatic N) is 3. The summed E-state index contributed by atoms with van der Waals surface area (Å²) >= 11 is 0. The highest BCUT2D eigenvalue weighted by Crippen LogP contribution is 2.35. The molecular weight excluding hydrogens is 592 g/mol. The van der Waals surface area contributed by atoms with Gasteiger partial charge in [0.15, 0.2) is 0 Å². The molecule has 0 unspecified atom stereocenters. The normalized spacial score (nSPS) is 15.0. The first kappa shape index (κ1) is 35.9. The number of aromatic amines is 1. The lowest BCUT2D eigenvalue weighted by Crippen LogP contribution is -2.40. The number of carbonyl (C=O) groups excluding carboxylic acids is 4. The number of pyridine rings is 1. The zero-order chi connectivity index (χ0) is 34.2. The van der Waals surface area contributed by atoms with Crippen molar-refractivity contribution < 1.29 is 33.4 Å². The van der Waals surface area contributed by atoms with Gasteiger partial charge in [-0.3, -0.25) is 4.79 Å². The molecule has 13 heteroatoms. The van der Waals surface area contributed by atoms with Crippen molar-refractivity contribution in [3.05, 3.63) is 40.8 Å². The SMILES string of the molecule is CCOC(=O)c1cc(C)[nH]c1/C=C1\C(=O)Nc2cnc(N3CCCC3)cc21.CN(CCNC(=O)OC(C)(C)C)C(=O)OC(C)(C)C. The molecule has 0 radical (unpaired) electrons. The highest BCUT2D eigenvalue weighted by atomic mass is 16.6. The van der Waals surface area contributed by atoms with E-state index in [4.69, 9.17) is 14.2 Å². The van der Waals surface area contributed by atoms with Crippen LogP contribution in [-0.2, 0) is 19.0 Å². The van der Waals surface area contributed by atoms with Crippen LogP contribution in [0.2, 0.25) is 0 Å². The zero-order valence-corrected chi connectivity index (χ0v) is 28.5. The summed E-state index contributed by atoms with van der Waals surface area (Å²) in [5.41, 5.74) is 2.79. The van der Waals surface area contributed by atoms with E-state index in [2.05, 4.69) is 25.5 Å². The summed E-state index contributed by atoms with van der Waals surface area (Å²) in [4.78, 5) is 59.0. The van der Waals surface area contributed by atoms with E-state index in [0.29, 0.717) is 42.2 Å². The average Bonchev–Trinajstić information content (AvgIpc) is 3.67. The number of amides is 3. The topological polar surface area (TPSA) is 155 Å². The third kappa shape index (κ3) is 10.5. The van der Waals surface area contributed by atoms with Crippen LogP contribution in [-0.4, -0.2) is 90.0 Å².